The van der Waals surface area contributed by atoms with Gasteiger partial charge in [0, 0.05) is 6.42 Å². The quantitative estimate of drug-likeness (QED) is 0.500. The molecule has 0 aromatic heterocycles. The number of carboxylic acids is 1. The fraction of sp³-hybridized carbons (Fsp3) is 0.500. The number of carboxylic acid groups (broad SMARTS) is 1. The summed E-state index contributed by atoms with van der Waals surface area (Å²) in [6.07, 6.45) is 0.586. The molecule has 3 N–H and O–H groups in total. The van der Waals surface area contributed by atoms with E-state index in [2.05, 4.69) is 23.3 Å². The van der Waals surface area contributed by atoms with Crippen LogP contribution < -0.4 is 10.6 Å². The zero-order chi connectivity index (χ0) is 19.0. The van der Waals surface area contributed by atoms with Crippen LogP contribution in [0, 0.1) is 5.92 Å². The number of carbonyl (C=O) groups excluding carboxylic acids is 2. The molecule has 7 heteroatoms. The molecule has 25 heavy (non-hydrogen) atoms. The van der Waals surface area contributed by atoms with Crippen molar-refractivity contribution in [2.75, 3.05) is 0 Å². The summed E-state index contributed by atoms with van der Waals surface area (Å²) in [5, 5.41) is 14.0. The molecule has 1 aromatic carbocycles. The maximum Gasteiger partial charge on any atom is 0.326 e. The second-order valence-corrected chi connectivity index (χ2v) is 7.23. The van der Waals surface area contributed by atoms with Crippen LogP contribution in [0.15, 0.2) is 30.3 Å². The Balaban J connectivity index is 2.82. The zero-order valence-electron chi connectivity index (χ0n) is 14.7. The highest BCUT2D eigenvalue weighted by molar-refractivity contribution is 7.81. The molecule has 138 valence electrons. The van der Waals surface area contributed by atoms with E-state index < -0.39 is 29.2 Å². The summed E-state index contributed by atoms with van der Waals surface area (Å²) in [6, 6.07) is 7.22. The van der Waals surface area contributed by atoms with Crippen molar-refractivity contribution in [2.24, 2.45) is 5.92 Å². The van der Waals surface area contributed by atoms with E-state index in [0.29, 0.717) is 6.42 Å². The van der Waals surface area contributed by atoms with E-state index in [1.165, 1.54) is 0 Å². The molecule has 1 rings (SSSR count). The van der Waals surface area contributed by atoms with E-state index in [0.717, 1.165) is 5.56 Å². The lowest BCUT2D eigenvalue weighted by Gasteiger charge is -2.23. The van der Waals surface area contributed by atoms with Crippen LogP contribution in [0.3, 0.4) is 0 Å². The highest BCUT2D eigenvalue weighted by Crippen LogP contribution is 2.08. The summed E-state index contributed by atoms with van der Waals surface area (Å²) in [7, 11) is 0. The lowest BCUT2D eigenvalue weighted by molar-refractivity contribution is -0.142. The minimum absolute atomic E-state index is 0.156. The predicted molar refractivity (Wildman–Crippen MR) is 99.5 cm³/mol. The number of carbonyl (C=O) groups is 3. The van der Waals surface area contributed by atoms with Crippen molar-refractivity contribution in [1.82, 2.24) is 10.6 Å². The third-order valence-electron chi connectivity index (χ3n) is 3.62. The van der Waals surface area contributed by atoms with E-state index in [1.807, 2.05) is 32.0 Å². The number of nitrogens with one attached hydrogen (secondary N) is 2. The second-order valence-electron chi connectivity index (χ2n) is 6.46. The van der Waals surface area contributed by atoms with Crippen molar-refractivity contribution < 1.29 is 19.5 Å². The number of hydrogen-bond donors (Lipinski definition) is 4. The van der Waals surface area contributed by atoms with Crippen molar-refractivity contribution in [3.63, 3.8) is 0 Å². The molecule has 6 nitrogen and oxygen atoms in total. The van der Waals surface area contributed by atoms with Crippen LogP contribution in [0.4, 0.5) is 0 Å². The molecule has 0 bridgehead atoms. The summed E-state index contributed by atoms with van der Waals surface area (Å²) in [4.78, 5) is 35.9. The van der Waals surface area contributed by atoms with Crippen LogP contribution >= 0.6 is 12.6 Å². The number of hydrogen-bond acceptors (Lipinski definition) is 4. The van der Waals surface area contributed by atoms with Gasteiger partial charge in [-0.3, -0.25) is 9.59 Å². The second kappa shape index (κ2) is 10.1. The smallest absolute Gasteiger partial charge is 0.326 e. The standard InChI is InChI=1S/C18H26N2O4S/c1-11(2)9-14(19-16(21)12(3)25)17(22)20-15(18(23)24)10-13-7-5-4-6-8-13/h4-8,11-12,14-15,25H,9-10H2,1-3H3,(H,19,21)(H,20,22)(H,23,24)/t12?,14-,15-/m0/s1. The first-order valence-corrected chi connectivity index (χ1v) is 8.77. The monoisotopic (exact) mass is 366 g/mol. The van der Waals surface area contributed by atoms with E-state index in [1.54, 1.807) is 19.1 Å². The molecule has 0 aliphatic rings. The van der Waals surface area contributed by atoms with Crippen molar-refractivity contribution >= 4 is 30.4 Å². The van der Waals surface area contributed by atoms with Gasteiger partial charge in [0.05, 0.1) is 5.25 Å². The molecule has 0 aliphatic carbocycles. The number of amides is 2. The Bertz CT molecular complexity index is 590. The normalized spacial score (nSPS) is 14.4. The van der Waals surface area contributed by atoms with E-state index >= 15 is 0 Å². The summed E-state index contributed by atoms with van der Waals surface area (Å²) >= 11 is 4.06. The maximum absolute atomic E-state index is 12.5. The highest BCUT2D eigenvalue weighted by atomic mass is 32.1. The summed E-state index contributed by atoms with van der Waals surface area (Å²) < 4.78 is 0. The number of rotatable bonds is 9. The lowest BCUT2D eigenvalue weighted by atomic mass is 10.0. The van der Waals surface area contributed by atoms with Crippen molar-refractivity contribution in [3.05, 3.63) is 35.9 Å². The number of aliphatic carboxylic acids is 1. The van der Waals surface area contributed by atoms with E-state index in [9.17, 15) is 19.5 Å². The average molecular weight is 366 g/mol. The van der Waals surface area contributed by atoms with Gasteiger partial charge in [-0.25, -0.2) is 4.79 Å². The Labute approximate surface area is 153 Å². The van der Waals surface area contributed by atoms with Gasteiger partial charge in [-0.2, -0.15) is 12.6 Å². The van der Waals surface area contributed by atoms with E-state index in [-0.39, 0.29) is 18.2 Å². The Hall–Kier alpha value is -2.02. The molecule has 0 aliphatic heterocycles. The Morgan fingerprint density at radius 3 is 2.04 bits per heavy atom. The van der Waals surface area contributed by atoms with Gasteiger partial charge in [0.2, 0.25) is 11.8 Å². The van der Waals surface area contributed by atoms with Crippen molar-refractivity contribution in [2.45, 2.75) is 50.9 Å². The molecule has 0 saturated carbocycles. The first-order chi connectivity index (χ1) is 11.7. The molecule has 1 unspecified atom stereocenters. The molecule has 3 atom stereocenters. The minimum atomic E-state index is -1.12. The average Bonchev–Trinajstić information content (AvgIpc) is 2.53. The molecule has 0 heterocycles. The van der Waals surface area contributed by atoms with Crippen LogP contribution in [0.2, 0.25) is 0 Å². The molecule has 0 saturated heterocycles. The Morgan fingerprint density at radius 2 is 1.56 bits per heavy atom. The van der Waals surface area contributed by atoms with Crippen LogP contribution in [0.25, 0.3) is 0 Å². The first kappa shape index (κ1) is 21.0. The molecular formula is C18H26N2O4S. The fourth-order valence-corrected chi connectivity index (χ4v) is 2.39. The Morgan fingerprint density at radius 1 is 1.00 bits per heavy atom. The molecule has 0 fully saturated rings. The van der Waals surface area contributed by atoms with Crippen molar-refractivity contribution in [1.29, 1.82) is 0 Å². The van der Waals surface area contributed by atoms with Gasteiger partial charge in [0.15, 0.2) is 0 Å². The third kappa shape index (κ3) is 7.60. The number of benzene rings is 1. The maximum atomic E-state index is 12.5. The summed E-state index contributed by atoms with van der Waals surface area (Å²) in [5.74, 6) is -1.82. The van der Waals surface area contributed by atoms with Gasteiger partial charge < -0.3 is 15.7 Å². The van der Waals surface area contributed by atoms with Crippen LogP contribution in [-0.2, 0) is 20.8 Å². The van der Waals surface area contributed by atoms with Gasteiger partial charge in [-0.15, -0.1) is 0 Å². The minimum Gasteiger partial charge on any atom is -0.480 e. The molecule has 0 radical (unpaired) electrons. The van der Waals surface area contributed by atoms with Gasteiger partial charge in [-0.05, 0) is 24.8 Å². The van der Waals surface area contributed by atoms with Crippen LogP contribution in [-0.4, -0.2) is 40.2 Å². The topological polar surface area (TPSA) is 95.5 Å². The molecule has 0 spiro atoms. The molecule has 1 aromatic rings. The SMILES string of the molecule is CC(C)C[C@H](NC(=O)C(C)S)C(=O)N[C@@H](Cc1ccccc1)C(=O)O. The predicted octanol–water partition coefficient (Wildman–Crippen LogP) is 1.65. The van der Waals surface area contributed by atoms with E-state index in [4.69, 9.17) is 0 Å². The zero-order valence-corrected chi connectivity index (χ0v) is 15.6. The molecule has 2 amide bonds. The van der Waals surface area contributed by atoms with Gasteiger partial charge in [0.1, 0.15) is 12.1 Å². The highest BCUT2D eigenvalue weighted by Gasteiger charge is 2.27. The van der Waals surface area contributed by atoms with Crippen LogP contribution in [0.1, 0.15) is 32.8 Å². The van der Waals surface area contributed by atoms with Gasteiger partial charge in [-0.1, -0.05) is 44.2 Å². The van der Waals surface area contributed by atoms with Crippen LogP contribution in [0.5, 0.6) is 0 Å². The lowest BCUT2D eigenvalue weighted by Crippen LogP contribution is -2.53. The Kier molecular flexibility index (Phi) is 8.48. The molecular weight excluding hydrogens is 340 g/mol. The van der Waals surface area contributed by atoms with Gasteiger partial charge in [0.25, 0.3) is 0 Å². The van der Waals surface area contributed by atoms with Gasteiger partial charge >= 0.3 is 5.97 Å². The fourth-order valence-electron chi connectivity index (χ4n) is 2.32. The first-order valence-electron chi connectivity index (χ1n) is 8.26. The number of thiol groups is 1. The largest absolute Gasteiger partial charge is 0.480 e. The summed E-state index contributed by atoms with van der Waals surface area (Å²) in [5.41, 5.74) is 0.809. The summed E-state index contributed by atoms with van der Waals surface area (Å²) in [6.45, 7) is 5.46. The van der Waals surface area contributed by atoms with Crippen molar-refractivity contribution in [3.8, 4) is 0 Å². The third-order valence-corrected chi connectivity index (χ3v) is 3.85.